The predicted molar refractivity (Wildman–Crippen MR) is 148 cm³/mol. The molecular formula is C33H36N2O2. The lowest BCUT2D eigenvalue weighted by molar-refractivity contribution is -0.119. The van der Waals surface area contributed by atoms with Gasteiger partial charge in [-0.05, 0) is 40.9 Å². The molecule has 0 spiro atoms. The molecule has 0 bridgehead atoms. The molecule has 0 saturated carbocycles. The van der Waals surface area contributed by atoms with Crippen LogP contribution in [0.15, 0.2) is 83.3 Å². The fourth-order valence-corrected chi connectivity index (χ4v) is 6.89. The van der Waals surface area contributed by atoms with E-state index < -0.39 is 0 Å². The number of fused-ring (bicyclic) bond motifs is 1. The molecule has 0 N–H and O–H groups in total. The van der Waals surface area contributed by atoms with Crippen molar-refractivity contribution >= 4 is 22.5 Å². The molecule has 0 radical (unpaired) electrons. The normalized spacial score (nSPS) is 21.5. The molecule has 2 aliphatic carbocycles. The third-order valence-electron chi connectivity index (χ3n) is 8.51. The van der Waals surface area contributed by atoms with E-state index in [4.69, 9.17) is 0 Å². The Morgan fingerprint density at radius 1 is 0.757 bits per heavy atom. The zero-order chi connectivity index (χ0) is 26.1. The number of para-hydroxylation sites is 1. The van der Waals surface area contributed by atoms with Gasteiger partial charge in [0, 0.05) is 72.0 Å². The smallest absolute Gasteiger partial charge is 0.162 e. The van der Waals surface area contributed by atoms with E-state index in [9.17, 15) is 9.59 Å². The van der Waals surface area contributed by atoms with Gasteiger partial charge >= 0.3 is 0 Å². The van der Waals surface area contributed by atoms with Gasteiger partial charge in [0.1, 0.15) is 0 Å². The van der Waals surface area contributed by atoms with Gasteiger partial charge in [-0.2, -0.15) is 0 Å². The Balaban J connectivity index is 1.60. The second-order valence-electron chi connectivity index (χ2n) is 12.8. The molecule has 1 aliphatic heterocycles. The van der Waals surface area contributed by atoms with Gasteiger partial charge in [-0.15, -0.1) is 0 Å². The Morgan fingerprint density at radius 2 is 1.30 bits per heavy atom. The van der Waals surface area contributed by atoms with Crippen LogP contribution < -0.4 is 0 Å². The third kappa shape index (κ3) is 3.98. The first kappa shape index (κ1) is 24.0. The van der Waals surface area contributed by atoms with Crippen molar-refractivity contribution in [1.29, 1.82) is 0 Å². The molecular weight excluding hydrogens is 456 g/mol. The highest BCUT2D eigenvalue weighted by Crippen LogP contribution is 2.54. The number of ketones is 2. The Morgan fingerprint density at radius 3 is 1.89 bits per heavy atom. The Hall–Kier alpha value is -3.40. The molecule has 2 heterocycles. The number of nitrogens with zero attached hydrogens (tertiary/aromatic N) is 2. The zero-order valence-electron chi connectivity index (χ0n) is 22.6. The van der Waals surface area contributed by atoms with Crippen molar-refractivity contribution in [3.05, 3.63) is 94.5 Å². The van der Waals surface area contributed by atoms with Crippen molar-refractivity contribution in [2.45, 2.75) is 65.8 Å². The van der Waals surface area contributed by atoms with Crippen LogP contribution in [0.5, 0.6) is 0 Å². The lowest BCUT2D eigenvalue weighted by Crippen LogP contribution is -2.43. The second-order valence-corrected chi connectivity index (χ2v) is 12.8. The molecule has 190 valence electrons. The molecule has 4 heteroatoms. The van der Waals surface area contributed by atoms with Gasteiger partial charge in [-0.3, -0.25) is 9.59 Å². The fraction of sp³-hybridized carbons (Fsp3) is 0.394. The summed E-state index contributed by atoms with van der Waals surface area (Å²) in [6, 6.07) is 18.9. The first-order chi connectivity index (χ1) is 17.5. The quantitative estimate of drug-likeness (QED) is 0.395. The number of aromatic nitrogens is 1. The summed E-state index contributed by atoms with van der Waals surface area (Å²) in [5.41, 5.74) is 7.16. The van der Waals surface area contributed by atoms with Crippen LogP contribution in [0, 0.1) is 10.8 Å². The molecule has 3 aromatic rings. The fourth-order valence-electron chi connectivity index (χ4n) is 6.89. The summed E-state index contributed by atoms with van der Waals surface area (Å²) in [5, 5.41) is 1.13. The number of benzene rings is 2. The average Bonchev–Trinajstić information content (AvgIpc) is 3.18. The molecule has 0 unspecified atom stereocenters. The van der Waals surface area contributed by atoms with E-state index in [1.807, 2.05) is 6.07 Å². The van der Waals surface area contributed by atoms with Crippen LogP contribution in [-0.2, 0) is 16.1 Å². The highest BCUT2D eigenvalue weighted by molar-refractivity contribution is 6.08. The summed E-state index contributed by atoms with van der Waals surface area (Å²) in [7, 11) is 2.07. The number of rotatable bonds is 3. The zero-order valence-corrected chi connectivity index (χ0v) is 22.6. The van der Waals surface area contributed by atoms with E-state index in [-0.39, 0.29) is 28.3 Å². The lowest BCUT2D eigenvalue weighted by Gasteiger charge is -2.47. The van der Waals surface area contributed by atoms with E-state index in [0.717, 1.165) is 58.4 Å². The van der Waals surface area contributed by atoms with Gasteiger partial charge in [0.05, 0.1) is 0 Å². The van der Waals surface area contributed by atoms with Crippen LogP contribution >= 0.6 is 0 Å². The minimum absolute atomic E-state index is 0.0949. The van der Waals surface area contributed by atoms with Crippen molar-refractivity contribution in [2.24, 2.45) is 10.8 Å². The summed E-state index contributed by atoms with van der Waals surface area (Å²) in [4.78, 5) is 30.0. The van der Waals surface area contributed by atoms with Crippen molar-refractivity contribution in [2.75, 3.05) is 7.05 Å². The summed E-state index contributed by atoms with van der Waals surface area (Å²) >= 11 is 0. The van der Waals surface area contributed by atoms with Crippen molar-refractivity contribution < 1.29 is 9.59 Å². The molecule has 2 aromatic carbocycles. The Labute approximate surface area is 219 Å². The molecule has 0 amide bonds. The van der Waals surface area contributed by atoms with E-state index in [0.29, 0.717) is 12.8 Å². The first-order valence-corrected chi connectivity index (χ1v) is 13.4. The van der Waals surface area contributed by atoms with Crippen LogP contribution in [-0.4, -0.2) is 28.1 Å². The predicted octanol–water partition coefficient (Wildman–Crippen LogP) is 7.01. The minimum Gasteiger partial charge on any atom is -0.351 e. The van der Waals surface area contributed by atoms with Gasteiger partial charge in [-0.1, -0.05) is 76.2 Å². The minimum atomic E-state index is -0.310. The number of Topliss-reactive ketones (excluding diaryl/α,β-unsaturated/α-hetero) is 2. The van der Waals surface area contributed by atoms with Crippen molar-refractivity contribution in [3.63, 3.8) is 0 Å². The van der Waals surface area contributed by atoms with Crippen LogP contribution in [0.2, 0.25) is 0 Å². The Bertz CT molecular complexity index is 1450. The molecule has 0 atom stereocenters. The van der Waals surface area contributed by atoms with Gasteiger partial charge in [0.2, 0.25) is 0 Å². The molecule has 3 aliphatic rings. The van der Waals surface area contributed by atoms with Gasteiger partial charge in [0.15, 0.2) is 11.6 Å². The van der Waals surface area contributed by atoms with Crippen molar-refractivity contribution in [3.8, 4) is 0 Å². The largest absolute Gasteiger partial charge is 0.351 e. The van der Waals surface area contributed by atoms with Crippen LogP contribution in [0.1, 0.15) is 70.4 Å². The maximum Gasteiger partial charge on any atom is 0.162 e. The summed E-state index contributed by atoms with van der Waals surface area (Å²) < 4.78 is 2.28. The first-order valence-electron chi connectivity index (χ1n) is 13.4. The second kappa shape index (κ2) is 8.31. The van der Waals surface area contributed by atoms with E-state index in [1.54, 1.807) is 0 Å². The molecule has 6 rings (SSSR count). The van der Waals surface area contributed by atoms with E-state index in [1.165, 1.54) is 5.56 Å². The molecule has 4 nitrogen and oxygen atoms in total. The molecule has 0 fully saturated rings. The molecule has 0 saturated heterocycles. The van der Waals surface area contributed by atoms with Gasteiger partial charge < -0.3 is 9.47 Å². The number of carbonyl (C=O) groups is 2. The highest BCUT2D eigenvalue weighted by atomic mass is 16.1. The maximum absolute atomic E-state index is 13.9. The highest BCUT2D eigenvalue weighted by Gasteiger charge is 2.48. The standard InChI is InChI=1S/C33H36N2O2/c1-32(2)15-25-30(27(36)17-32)29(31-26(34(25)5)16-33(3,4)18-28(31)37)23-20-35(19-21-11-7-6-8-12-21)24-14-10-9-13-22(23)24/h6-14,20,29H,15-19H2,1-5H3. The van der Waals surface area contributed by atoms with E-state index >= 15 is 0 Å². The topological polar surface area (TPSA) is 42.3 Å². The van der Waals surface area contributed by atoms with Crippen LogP contribution in [0.4, 0.5) is 0 Å². The average molecular weight is 493 g/mol. The number of hydrogen-bond acceptors (Lipinski definition) is 3. The van der Waals surface area contributed by atoms with Gasteiger partial charge in [0.25, 0.3) is 0 Å². The monoisotopic (exact) mass is 492 g/mol. The summed E-state index contributed by atoms with van der Waals surface area (Å²) in [5.74, 6) is 0.0645. The number of carbonyl (C=O) groups excluding carboxylic acids is 2. The summed E-state index contributed by atoms with van der Waals surface area (Å²) in [6.45, 7) is 9.48. The molecule has 37 heavy (non-hydrogen) atoms. The van der Waals surface area contributed by atoms with Crippen molar-refractivity contribution in [1.82, 2.24) is 9.47 Å². The number of hydrogen-bond donors (Lipinski definition) is 0. The third-order valence-corrected chi connectivity index (χ3v) is 8.51. The molecule has 1 aromatic heterocycles. The maximum atomic E-state index is 13.9. The Kier molecular flexibility index (Phi) is 5.38. The number of allylic oxidation sites excluding steroid dienone is 4. The SMILES string of the molecule is CN1C2=C(C(=O)CC(C)(C)C2)C(c2cn(Cc3ccccc3)c3ccccc23)C2=C1CC(C)(C)CC2=O. The lowest BCUT2D eigenvalue weighted by atomic mass is 9.64. The van der Waals surface area contributed by atoms with Crippen LogP contribution in [0.3, 0.4) is 0 Å². The van der Waals surface area contributed by atoms with Crippen LogP contribution in [0.25, 0.3) is 10.9 Å². The summed E-state index contributed by atoms with van der Waals surface area (Å²) in [6.07, 6.45) is 4.93. The van der Waals surface area contributed by atoms with Gasteiger partial charge in [-0.25, -0.2) is 0 Å². The van der Waals surface area contributed by atoms with E-state index in [2.05, 4.69) is 98.9 Å².